The number of aromatic amines is 1. The van der Waals surface area contributed by atoms with Gasteiger partial charge in [-0.15, -0.1) is 11.7 Å². The number of hydrogen-bond donors (Lipinski definition) is 1. The molecule has 3 aromatic rings. The Morgan fingerprint density at radius 3 is 2.63 bits per heavy atom. The topological polar surface area (TPSA) is 53.8 Å². The van der Waals surface area contributed by atoms with Crippen LogP contribution >= 0.6 is 12.2 Å². The van der Waals surface area contributed by atoms with Crippen molar-refractivity contribution in [3.05, 3.63) is 66.2 Å². The zero-order chi connectivity index (χ0) is 20.9. The monoisotopic (exact) mass is 424 g/mol. The molecule has 0 saturated carbocycles. The molecule has 3 heterocycles. The number of pyridine rings is 1. The van der Waals surface area contributed by atoms with Crippen LogP contribution in [-0.4, -0.2) is 47.6 Å². The first kappa shape index (κ1) is 20.3. The summed E-state index contributed by atoms with van der Waals surface area (Å²) in [5, 5.41) is 4.89. The maximum absolute atomic E-state index is 5.77. The number of quaternary nitrogens is 1. The molecular weight excluding hydrogens is 396 g/mol. The van der Waals surface area contributed by atoms with Crippen molar-refractivity contribution in [3.63, 3.8) is 0 Å². The Labute approximate surface area is 181 Å². The second-order valence-corrected chi connectivity index (χ2v) is 7.72. The van der Waals surface area contributed by atoms with Crippen LogP contribution in [0.3, 0.4) is 0 Å². The van der Waals surface area contributed by atoms with Crippen LogP contribution in [0.25, 0.3) is 11.4 Å². The van der Waals surface area contributed by atoms with E-state index in [1.54, 1.807) is 7.11 Å². The third-order valence-electron chi connectivity index (χ3n) is 5.49. The van der Waals surface area contributed by atoms with Gasteiger partial charge in [0.1, 0.15) is 5.75 Å². The van der Waals surface area contributed by atoms with Crippen LogP contribution in [0.5, 0.6) is 5.75 Å². The Balaban J connectivity index is 1.54. The predicted octanol–water partition coefficient (Wildman–Crippen LogP) is 1.45. The minimum Gasteiger partial charge on any atom is -0.496 e. The van der Waals surface area contributed by atoms with Crippen molar-refractivity contribution in [3.8, 4) is 17.1 Å². The number of rotatable bonds is 7. The van der Waals surface area contributed by atoms with E-state index >= 15 is 0 Å². The summed E-state index contributed by atoms with van der Waals surface area (Å²) in [5.74, 6) is 1.60. The average Bonchev–Trinajstić information content (AvgIpc) is 3.10. The minimum absolute atomic E-state index is 0.611. The van der Waals surface area contributed by atoms with Gasteiger partial charge in [0.25, 0.3) is 0 Å². The van der Waals surface area contributed by atoms with Gasteiger partial charge in [-0.1, -0.05) is 18.2 Å². The normalized spacial score (nSPS) is 14.6. The van der Waals surface area contributed by atoms with Gasteiger partial charge in [-0.3, -0.25) is 4.57 Å². The van der Waals surface area contributed by atoms with Crippen molar-refractivity contribution in [1.82, 2.24) is 14.3 Å². The molecule has 0 bridgehead atoms. The van der Waals surface area contributed by atoms with E-state index in [-0.39, 0.29) is 0 Å². The van der Waals surface area contributed by atoms with E-state index in [9.17, 15) is 0 Å². The van der Waals surface area contributed by atoms with E-state index in [0.29, 0.717) is 11.3 Å². The summed E-state index contributed by atoms with van der Waals surface area (Å²) in [5.41, 5.74) is 2.20. The third kappa shape index (κ3) is 4.15. The number of benzene rings is 1. The van der Waals surface area contributed by atoms with Crippen LogP contribution in [0.15, 0.2) is 61.4 Å². The Morgan fingerprint density at radius 2 is 1.93 bits per heavy atom. The molecule has 1 aliphatic heterocycles. The fourth-order valence-corrected chi connectivity index (χ4v) is 4.17. The van der Waals surface area contributed by atoms with E-state index in [2.05, 4.69) is 28.6 Å². The molecular formula is C22H28N6OS+2. The van der Waals surface area contributed by atoms with Crippen molar-refractivity contribution >= 4 is 17.9 Å². The smallest absolute Gasteiger partial charge is 0.203 e. The van der Waals surface area contributed by atoms with Gasteiger partial charge in [0.15, 0.2) is 24.9 Å². The van der Waals surface area contributed by atoms with Gasteiger partial charge in [0.05, 0.1) is 38.9 Å². The van der Waals surface area contributed by atoms with Crippen LogP contribution < -0.4 is 19.5 Å². The molecule has 1 saturated heterocycles. The number of nitrogens with one attached hydrogen (secondary N) is 2. The van der Waals surface area contributed by atoms with Gasteiger partial charge >= 0.3 is 0 Å². The fraction of sp³-hybridized carbons (Fsp3) is 0.318. The number of methoxy groups -OCH3 is 1. The van der Waals surface area contributed by atoms with E-state index in [1.807, 2.05) is 52.0 Å². The number of aromatic nitrogens is 4. The second-order valence-electron chi connectivity index (χ2n) is 7.36. The van der Waals surface area contributed by atoms with Gasteiger partial charge in [-0.2, -0.15) is 4.68 Å². The quantitative estimate of drug-likeness (QED) is 0.461. The second kappa shape index (κ2) is 9.23. The molecule has 2 N–H and O–H groups in total. The molecule has 0 amide bonds. The lowest BCUT2D eigenvalue weighted by atomic mass is 10.2. The van der Waals surface area contributed by atoms with Crippen LogP contribution in [0.2, 0.25) is 0 Å². The molecule has 7 nitrogen and oxygen atoms in total. The van der Waals surface area contributed by atoms with Gasteiger partial charge in [0, 0.05) is 24.4 Å². The number of hydrogen-bond acceptors (Lipinski definition) is 4. The highest BCUT2D eigenvalue weighted by Crippen LogP contribution is 2.28. The Hall–Kier alpha value is -2.97. The number of nitrogens with zero attached hydrogens (tertiary/aromatic N) is 4. The molecule has 0 unspecified atom stereocenters. The molecule has 0 spiro atoms. The largest absolute Gasteiger partial charge is 0.496 e. The first-order valence-electron chi connectivity index (χ1n) is 10.2. The number of para-hydroxylation sites is 1. The van der Waals surface area contributed by atoms with Crippen LogP contribution in [-0.2, 0) is 13.2 Å². The van der Waals surface area contributed by atoms with Crippen molar-refractivity contribution in [2.45, 2.75) is 13.2 Å². The number of ether oxygens (including phenoxy) is 1. The summed E-state index contributed by atoms with van der Waals surface area (Å²) in [6.45, 7) is 9.36. The molecule has 0 aliphatic carbocycles. The molecule has 0 radical (unpaired) electrons. The lowest BCUT2D eigenvalue weighted by Crippen LogP contribution is -3.14. The van der Waals surface area contributed by atoms with E-state index in [1.165, 1.54) is 10.6 Å². The van der Waals surface area contributed by atoms with Gasteiger partial charge < -0.3 is 14.5 Å². The highest BCUT2D eigenvalue weighted by atomic mass is 32.1. The number of H-pyrrole nitrogens is 1. The minimum atomic E-state index is 0.611. The van der Waals surface area contributed by atoms with Gasteiger partial charge in [-0.25, -0.2) is 4.98 Å². The van der Waals surface area contributed by atoms with Crippen molar-refractivity contribution < 1.29 is 14.6 Å². The zero-order valence-electron chi connectivity index (χ0n) is 17.3. The molecule has 30 heavy (non-hydrogen) atoms. The van der Waals surface area contributed by atoms with Crippen molar-refractivity contribution in [2.24, 2.45) is 0 Å². The van der Waals surface area contributed by atoms with Crippen LogP contribution in [0.1, 0.15) is 0 Å². The molecule has 1 aromatic carbocycles. The summed E-state index contributed by atoms with van der Waals surface area (Å²) < 4.78 is 10.2. The lowest BCUT2D eigenvalue weighted by molar-refractivity contribution is -0.924. The molecule has 0 atom stereocenters. The lowest BCUT2D eigenvalue weighted by Gasteiger charge is -2.33. The summed E-state index contributed by atoms with van der Waals surface area (Å²) in [6, 6.07) is 12.2. The maximum atomic E-state index is 5.77. The van der Waals surface area contributed by atoms with Crippen molar-refractivity contribution in [1.29, 1.82) is 0 Å². The SMILES string of the molecule is C=CCn1c(-c2ccccc2OC)nn(C[NH+]2CCN(c3cc[nH+]cc3)CC2)c1=S. The summed E-state index contributed by atoms with van der Waals surface area (Å²) in [6.07, 6.45) is 5.79. The molecule has 1 fully saturated rings. The van der Waals surface area contributed by atoms with E-state index < -0.39 is 0 Å². The maximum Gasteiger partial charge on any atom is 0.203 e. The average molecular weight is 425 g/mol. The Morgan fingerprint density at radius 1 is 1.20 bits per heavy atom. The molecule has 1 aliphatic rings. The Kier molecular flexibility index (Phi) is 6.25. The molecule has 4 rings (SSSR count). The number of anilines is 1. The first-order chi connectivity index (χ1) is 14.7. The Bertz CT molecular complexity index is 1050. The highest BCUT2D eigenvalue weighted by Gasteiger charge is 2.23. The fourth-order valence-electron chi connectivity index (χ4n) is 3.91. The zero-order valence-corrected chi connectivity index (χ0v) is 18.1. The highest BCUT2D eigenvalue weighted by molar-refractivity contribution is 7.71. The number of piperazine rings is 1. The first-order valence-corrected chi connectivity index (χ1v) is 10.6. The van der Waals surface area contributed by atoms with Gasteiger partial charge in [-0.05, 0) is 24.4 Å². The predicted molar refractivity (Wildman–Crippen MR) is 119 cm³/mol. The molecule has 156 valence electrons. The van der Waals surface area contributed by atoms with Crippen molar-refractivity contribution in [2.75, 3.05) is 38.2 Å². The third-order valence-corrected chi connectivity index (χ3v) is 5.92. The summed E-state index contributed by atoms with van der Waals surface area (Å²) in [7, 11) is 1.68. The van der Waals surface area contributed by atoms with E-state index in [4.69, 9.17) is 22.1 Å². The van der Waals surface area contributed by atoms with Gasteiger partial charge in [0.2, 0.25) is 4.77 Å². The summed E-state index contributed by atoms with van der Waals surface area (Å²) in [4.78, 5) is 6.98. The van der Waals surface area contributed by atoms with E-state index in [0.717, 1.165) is 50.0 Å². The van der Waals surface area contributed by atoms with Crippen LogP contribution in [0, 0.1) is 4.77 Å². The standard InChI is InChI=1S/C22H26N6OS/c1-3-12-27-21(19-6-4-5-7-20(19)29-2)24-28(22(27)30)17-25-13-15-26(16-14-25)18-8-10-23-11-9-18/h3-11H,1,12-17H2,2H3/p+2. The van der Waals surface area contributed by atoms with Crippen LogP contribution in [0.4, 0.5) is 5.69 Å². The molecule has 2 aromatic heterocycles. The summed E-state index contributed by atoms with van der Waals surface area (Å²) >= 11 is 5.77. The molecule has 8 heteroatoms. The number of allylic oxidation sites excluding steroid dienone is 1.